The molecular weight excluding hydrogens is 464 g/mol. The lowest BCUT2D eigenvalue weighted by molar-refractivity contribution is 0.286. The Balaban J connectivity index is 1.49. The molecule has 2 aromatic carbocycles. The average molecular weight is 482 g/mol. The van der Waals surface area contributed by atoms with Gasteiger partial charge in [-0.2, -0.15) is 4.31 Å². The number of benzene rings is 2. The van der Waals surface area contributed by atoms with Crippen LogP contribution in [0.5, 0.6) is 5.88 Å². The molecule has 0 saturated heterocycles. The Bertz CT molecular complexity index is 1360. The van der Waals surface area contributed by atoms with Crippen molar-refractivity contribution >= 4 is 21.6 Å². The second-order valence-corrected chi connectivity index (χ2v) is 9.82. The van der Waals surface area contributed by atoms with Crippen LogP contribution in [0.4, 0.5) is 8.78 Å². The lowest BCUT2D eigenvalue weighted by Crippen LogP contribution is -2.23. The zero-order valence-corrected chi connectivity index (χ0v) is 18.5. The number of ether oxygens (including phenoxy) is 1. The summed E-state index contributed by atoms with van der Waals surface area (Å²) in [5.41, 5.74) is 2.12. The van der Waals surface area contributed by atoms with Gasteiger partial charge in [0.05, 0.1) is 12.8 Å². The smallest absolute Gasteiger partial charge is 0.276 e. The zero-order valence-electron chi connectivity index (χ0n) is 16.9. The Morgan fingerprint density at radius 2 is 1.88 bits per heavy atom. The highest BCUT2D eigenvalue weighted by Crippen LogP contribution is 2.26. The van der Waals surface area contributed by atoms with E-state index < -0.39 is 27.2 Å². The first-order valence-electron chi connectivity index (χ1n) is 9.49. The van der Waals surface area contributed by atoms with Gasteiger partial charge < -0.3 is 4.74 Å². The molecule has 0 radical (unpaired) electrons. The first-order chi connectivity index (χ1) is 15.1. The second-order valence-electron chi connectivity index (χ2n) is 7.46. The maximum absolute atomic E-state index is 13.7. The first kappa shape index (κ1) is 22.4. The summed E-state index contributed by atoms with van der Waals surface area (Å²) >= 11 is 6.11. The van der Waals surface area contributed by atoms with E-state index in [1.807, 2.05) is 18.2 Å². The Labute approximate surface area is 187 Å². The minimum atomic E-state index is -3.29. The molecule has 1 aliphatic heterocycles. The van der Waals surface area contributed by atoms with Crippen molar-refractivity contribution in [2.45, 2.75) is 26.2 Å². The molecule has 11 heteroatoms. The molecule has 168 valence electrons. The Kier molecular flexibility index (Phi) is 6.02. The third-order valence-corrected chi connectivity index (χ3v) is 6.64. The third kappa shape index (κ3) is 4.67. The molecule has 0 fully saturated rings. The van der Waals surface area contributed by atoms with Crippen LogP contribution in [-0.4, -0.2) is 28.5 Å². The summed E-state index contributed by atoms with van der Waals surface area (Å²) in [6, 6.07) is 8.57. The van der Waals surface area contributed by atoms with Gasteiger partial charge in [0.15, 0.2) is 5.02 Å². The molecule has 32 heavy (non-hydrogen) atoms. The van der Waals surface area contributed by atoms with Crippen molar-refractivity contribution in [3.8, 4) is 5.88 Å². The fourth-order valence-corrected chi connectivity index (χ4v) is 4.35. The van der Waals surface area contributed by atoms with Crippen molar-refractivity contribution in [2.24, 2.45) is 0 Å². The van der Waals surface area contributed by atoms with Crippen LogP contribution < -0.4 is 10.3 Å². The molecule has 0 unspecified atom stereocenters. The van der Waals surface area contributed by atoms with Gasteiger partial charge in [-0.25, -0.2) is 22.2 Å². The van der Waals surface area contributed by atoms with Crippen LogP contribution >= 0.6 is 11.6 Å². The minimum absolute atomic E-state index is 0.0923. The maximum atomic E-state index is 13.7. The van der Waals surface area contributed by atoms with Gasteiger partial charge in [0, 0.05) is 24.7 Å². The van der Waals surface area contributed by atoms with Gasteiger partial charge in [-0.15, -0.1) is 0 Å². The third-order valence-electron chi connectivity index (χ3n) is 5.12. The van der Waals surface area contributed by atoms with E-state index in [9.17, 15) is 22.0 Å². The van der Waals surface area contributed by atoms with E-state index in [1.165, 1.54) is 27.5 Å². The van der Waals surface area contributed by atoms with Gasteiger partial charge in [-0.3, -0.25) is 9.36 Å². The van der Waals surface area contributed by atoms with Crippen LogP contribution in [0.25, 0.3) is 0 Å². The van der Waals surface area contributed by atoms with Crippen LogP contribution in [0.3, 0.4) is 0 Å². The Hall–Kier alpha value is -2.82. The summed E-state index contributed by atoms with van der Waals surface area (Å²) in [4.78, 5) is 16.7. The Morgan fingerprint density at radius 3 is 2.59 bits per heavy atom. The molecule has 1 aliphatic rings. The van der Waals surface area contributed by atoms with Gasteiger partial charge >= 0.3 is 0 Å². The highest BCUT2D eigenvalue weighted by Gasteiger charge is 2.26. The number of halogens is 3. The van der Waals surface area contributed by atoms with Crippen LogP contribution in [0.15, 0.2) is 47.5 Å². The summed E-state index contributed by atoms with van der Waals surface area (Å²) in [7, 11) is -3.29. The van der Waals surface area contributed by atoms with E-state index >= 15 is 0 Å². The molecule has 7 nitrogen and oxygen atoms in total. The van der Waals surface area contributed by atoms with E-state index in [-0.39, 0.29) is 36.2 Å². The quantitative estimate of drug-likeness (QED) is 0.540. The van der Waals surface area contributed by atoms with Gasteiger partial charge in [0.1, 0.15) is 24.6 Å². The fraction of sp³-hybridized carbons (Fsp3) is 0.238. The number of sulfonamides is 1. The van der Waals surface area contributed by atoms with Gasteiger partial charge in [0.2, 0.25) is 15.9 Å². The fourth-order valence-electron chi connectivity index (χ4n) is 3.39. The molecule has 0 saturated carbocycles. The highest BCUT2D eigenvalue weighted by atomic mass is 35.5. The normalized spacial score (nSPS) is 13.9. The monoisotopic (exact) mass is 481 g/mol. The molecule has 0 atom stereocenters. The van der Waals surface area contributed by atoms with Gasteiger partial charge in [-0.05, 0) is 28.8 Å². The summed E-state index contributed by atoms with van der Waals surface area (Å²) in [5, 5.41) is -0.264. The summed E-state index contributed by atoms with van der Waals surface area (Å²) in [5.74, 6) is -1.64. The van der Waals surface area contributed by atoms with Crippen LogP contribution in [0.2, 0.25) is 5.02 Å². The maximum Gasteiger partial charge on any atom is 0.276 e. The summed E-state index contributed by atoms with van der Waals surface area (Å²) in [6.07, 6.45) is 2.43. The van der Waals surface area contributed by atoms with Crippen molar-refractivity contribution < 1.29 is 21.9 Å². The highest BCUT2D eigenvalue weighted by molar-refractivity contribution is 7.88. The van der Waals surface area contributed by atoms with Crippen molar-refractivity contribution in [3.63, 3.8) is 0 Å². The SMILES string of the molecule is CS(=O)(=O)N1Cc2ccc(Cn3cnc(OCc4ccc(F)cc4F)c(Cl)c3=O)cc2C1. The predicted octanol–water partition coefficient (Wildman–Crippen LogP) is 3.08. The van der Waals surface area contributed by atoms with E-state index in [4.69, 9.17) is 16.3 Å². The number of hydrogen-bond donors (Lipinski definition) is 0. The first-order valence-corrected chi connectivity index (χ1v) is 11.7. The average Bonchev–Trinajstić information content (AvgIpc) is 3.16. The van der Waals surface area contributed by atoms with Gasteiger partial charge in [0.25, 0.3) is 5.56 Å². The lowest BCUT2D eigenvalue weighted by atomic mass is 10.1. The molecule has 1 aromatic heterocycles. The largest absolute Gasteiger partial charge is 0.471 e. The van der Waals surface area contributed by atoms with E-state index in [2.05, 4.69) is 4.98 Å². The number of rotatable bonds is 6. The van der Waals surface area contributed by atoms with Gasteiger partial charge in [-0.1, -0.05) is 29.8 Å². The van der Waals surface area contributed by atoms with Crippen LogP contribution in [0, 0.1) is 11.6 Å². The van der Waals surface area contributed by atoms with Crippen molar-refractivity contribution in [1.29, 1.82) is 0 Å². The Morgan fingerprint density at radius 1 is 1.12 bits per heavy atom. The van der Waals surface area contributed by atoms with E-state index in [0.717, 1.165) is 28.8 Å². The molecule has 0 bridgehead atoms. The van der Waals surface area contributed by atoms with Crippen LogP contribution in [-0.2, 0) is 36.3 Å². The molecule has 0 aliphatic carbocycles. The molecule has 3 aromatic rings. The van der Waals surface area contributed by atoms with E-state index in [0.29, 0.717) is 6.54 Å². The predicted molar refractivity (Wildman–Crippen MR) is 114 cm³/mol. The number of nitrogens with zero attached hydrogens (tertiary/aromatic N) is 3. The molecule has 0 amide bonds. The number of fused-ring (bicyclic) bond motifs is 1. The minimum Gasteiger partial charge on any atom is -0.471 e. The van der Waals surface area contributed by atoms with Crippen LogP contribution in [0.1, 0.15) is 22.3 Å². The number of hydrogen-bond acceptors (Lipinski definition) is 5. The second kappa shape index (κ2) is 8.61. The van der Waals surface area contributed by atoms with E-state index in [1.54, 1.807) is 0 Å². The molecule has 2 heterocycles. The molecule has 0 spiro atoms. The zero-order chi connectivity index (χ0) is 23.0. The standard InChI is InChI=1S/C21H18ClF2N3O4S/c1-32(29,30)27-9-14-3-2-13(6-16(14)10-27)8-26-12-25-20(19(22)21(26)28)31-11-15-4-5-17(23)7-18(15)24/h2-7,12H,8-11H2,1H3. The summed E-state index contributed by atoms with van der Waals surface area (Å²) < 4.78 is 58.3. The summed E-state index contributed by atoms with van der Waals surface area (Å²) in [6.45, 7) is 0.500. The van der Waals surface area contributed by atoms with Crippen molar-refractivity contribution in [1.82, 2.24) is 13.9 Å². The lowest BCUT2D eigenvalue weighted by Gasteiger charge is -2.11. The molecule has 4 rings (SSSR count). The van der Waals surface area contributed by atoms with Crippen molar-refractivity contribution in [3.05, 3.63) is 92.0 Å². The van der Waals surface area contributed by atoms with Crippen molar-refractivity contribution in [2.75, 3.05) is 6.26 Å². The topological polar surface area (TPSA) is 81.5 Å². The number of aromatic nitrogens is 2. The molecular formula is C21H18ClF2N3O4S. The molecule has 0 N–H and O–H groups in total.